The smallest absolute Gasteiger partial charge is 0.203 e. The first-order chi connectivity index (χ1) is 9.92. The zero-order chi connectivity index (χ0) is 13.6. The van der Waals surface area contributed by atoms with Gasteiger partial charge in [0.1, 0.15) is 0 Å². The normalized spacial score (nSPS) is 10.3. The first kappa shape index (κ1) is 15.4. The number of nitrogens with zero attached hydrogens (tertiary/aromatic N) is 2. The minimum absolute atomic E-state index is 0. The Balaban J connectivity index is 0.00000161. The van der Waals surface area contributed by atoms with E-state index in [1.807, 2.05) is 66.0 Å². The fourth-order valence-corrected chi connectivity index (χ4v) is 2.44. The van der Waals surface area contributed by atoms with Gasteiger partial charge in [0, 0.05) is 10.9 Å². The number of aromatic nitrogens is 1. The van der Waals surface area contributed by atoms with Crippen LogP contribution in [0, 0.1) is 0 Å². The third kappa shape index (κ3) is 4.24. The number of rotatable bonds is 4. The standard InChI is InChI=1S/C16H13N3S.BrH/c1-3-7-13(8-4-1)11-17-19-16-18-15(12-20-16)14-9-5-2-6-10-14;/h1-12H,(H,18,19);1H/p-1/b17-11+;. The summed E-state index contributed by atoms with van der Waals surface area (Å²) in [5.41, 5.74) is 6.10. The van der Waals surface area contributed by atoms with Gasteiger partial charge in [-0.2, -0.15) is 5.10 Å². The minimum Gasteiger partial charge on any atom is -1.00 e. The molecule has 5 heteroatoms. The summed E-state index contributed by atoms with van der Waals surface area (Å²) in [7, 11) is 0. The average Bonchev–Trinajstić information content (AvgIpc) is 2.98. The Kier molecular flexibility index (Phi) is 5.66. The summed E-state index contributed by atoms with van der Waals surface area (Å²) in [6.07, 6.45) is 1.78. The monoisotopic (exact) mass is 358 g/mol. The molecule has 2 aromatic carbocycles. The topological polar surface area (TPSA) is 37.3 Å². The molecule has 0 unspecified atom stereocenters. The molecule has 106 valence electrons. The lowest BCUT2D eigenvalue weighted by atomic mass is 10.2. The Labute approximate surface area is 138 Å². The van der Waals surface area contributed by atoms with Crippen LogP contribution in [0.15, 0.2) is 71.1 Å². The van der Waals surface area contributed by atoms with Crippen molar-refractivity contribution in [1.29, 1.82) is 0 Å². The molecule has 3 nitrogen and oxygen atoms in total. The van der Waals surface area contributed by atoms with Gasteiger partial charge in [-0.05, 0) is 5.56 Å². The molecule has 0 fully saturated rings. The summed E-state index contributed by atoms with van der Waals surface area (Å²) in [6, 6.07) is 20.1. The van der Waals surface area contributed by atoms with Gasteiger partial charge in [0.2, 0.25) is 5.13 Å². The maximum Gasteiger partial charge on any atom is 0.203 e. The Bertz CT molecular complexity index is 696. The van der Waals surface area contributed by atoms with E-state index < -0.39 is 0 Å². The van der Waals surface area contributed by atoms with Crippen LogP contribution in [0.1, 0.15) is 5.56 Å². The second-order valence-corrected chi connectivity index (χ2v) is 5.04. The highest BCUT2D eigenvalue weighted by Crippen LogP contribution is 2.24. The summed E-state index contributed by atoms with van der Waals surface area (Å²) in [5, 5.41) is 7.00. The van der Waals surface area contributed by atoms with Crippen molar-refractivity contribution in [2.45, 2.75) is 0 Å². The van der Waals surface area contributed by atoms with Gasteiger partial charge < -0.3 is 17.0 Å². The maximum atomic E-state index is 4.51. The van der Waals surface area contributed by atoms with E-state index in [-0.39, 0.29) is 17.0 Å². The fourth-order valence-electron chi connectivity index (χ4n) is 1.77. The van der Waals surface area contributed by atoms with Crippen molar-refractivity contribution in [3.63, 3.8) is 0 Å². The Morgan fingerprint density at radius 2 is 1.62 bits per heavy atom. The molecule has 0 bridgehead atoms. The van der Waals surface area contributed by atoms with Gasteiger partial charge in [0.15, 0.2) is 0 Å². The van der Waals surface area contributed by atoms with Gasteiger partial charge in [-0.25, -0.2) is 4.98 Å². The van der Waals surface area contributed by atoms with Crippen LogP contribution in [-0.4, -0.2) is 11.2 Å². The van der Waals surface area contributed by atoms with E-state index in [1.165, 1.54) is 0 Å². The predicted molar refractivity (Wildman–Crippen MR) is 85.2 cm³/mol. The quantitative estimate of drug-likeness (QED) is 0.563. The van der Waals surface area contributed by atoms with Crippen LogP contribution in [-0.2, 0) is 0 Å². The van der Waals surface area contributed by atoms with E-state index in [4.69, 9.17) is 0 Å². The van der Waals surface area contributed by atoms with E-state index in [0.717, 1.165) is 22.0 Å². The van der Waals surface area contributed by atoms with Gasteiger partial charge in [0.25, 0.3) is 0 Å². The van der Waals surface area contributed by atoms with Crippen molar-refractivity contribution in [2.75, 3.05) is 5.43 Å². The zero-order valence-corrected chi connectivity index (χ0v) is 13.5. The molecule has 1 heterocycles. The van der Waals surface area contributed by atoms with Crippen LogP contribution in [0.25, 0.3) is 11.3 Å². The molecule has 0 amide bonds. The number of halogens is 1. The Hall–Kier alpha value is -1.98. The molecule has 0 aliphatic rings. The summed E-state index contributed by atoms with van der Waals surface area (Å²) < 4.78 is 0. The molecule has 0 saturated heterocycles. The van der Waals surface area contributed by atoms with Crippen molar-refractivity contribution in [3.05, 3.63) is 71.6 Å². The molecule has 0 aliphatic heterocycles. The highest BCUT2D eigenvalue weighted by atomic mass is 79.9. The molecule has 0 saturated carbocycles. The van der Waals surface area contributed by atoms with Crippen molar-refractivity contribution >= 4 is 22.7 Å². The number of benzene rings is 2. The SMILES string of the molecule is C(=N\Nc1nc(-c2ccccc2)cs1)/c1ccccc1.[Br-]. The second-order valence-electron chi connectivity index (χ2n) is 4.18. The van der Waals surface area contributed by atoms with Gasteiger partial charge in [-0.15, -0.1) is 11.3 Å². The lowest BCUT2D eigenvalue weighted by molar-refractivity contribution is -0.00000388. The molecule has 1 aromatic heterocycles. The van der Waals surface area contributed by atoms with Crippen molar-refractivity contribution in [1.82, 2.24) is 4.98 Å². The number of hydrogen-bond donors (Lipinski definition) is 1. The predicted octanol–water partition coefficient (Wildman–Crippen LogP) is 1.26. The molecule has 0 atom stereocenters. The summed E-state index contributed by atoms with van der Waals surface area (Å²) in [4.78, 5) is 4.51. The van der Waals surface area contributed by atoms with Crippen LogP contribution in [0.2, 0.25) is 0 Å². The van der Waals surface area contributed by atoms with Gasteiger partial charge >= 0.3 is 0 Å². The average molecular weight is 359 g/mol. The minimum atomic E-state index is 0. The van der Waals surface area contributed by atoms with E-state index >= 15 is 0 Å². The van der Waals surface area contributed by atoms with Gasteiger partial charge in [-0.3, -0.25) is 5.43 Å². The number of thiazole rings is 1. The highest BCUT2D eigenvalue weighted by molar-refractivity contribution is 7.14. The molecular weight excluding hydrogens is 346 g/mol. The first-order valence-corrected chi connectivity index (χ1v) is 7.15. The van der Waals surface area contributed by atoms with E-state index in [2.05, 4.69) is 15.5 Å². The van der Waals surface area contributed by atoms with E-state index in [1.54, 1.807) is 17.6 Å². The zero-order valence-electron chi connectivity index (χ0n) is 11.1. The molecule has 21 heavy (non-hydrogen) atoms. The Morgan fingerprint density at radius 1 is 0.952 bits per heavy atom. The number of anilines is 1. The number of hydrogen-bond acceptors (Lipinski definition) is 4. The van der Waals surface area contributed by atoms with Crippen molar-refractivity contribution in [2.24, 2.45) is 5.10 Å². The highest BCUT2D eigenvalue weighted by Gasteiger charge is 2.02. The van der Waals surface area contributed by atoms with E-state index in [0.29, 0.717) is 0 Å². The van der Waals surface area contributed by atoms with Crippen LogP contribution in [0.4, 0.5) is 5.13 Å². The summed E-state index contributed by atoms with van der Waals surface area (Å²) in [6.45, 7) is 0. The van der Waals surface area contributed by atoms with E-state index in [9.17, 15) is 0 Å². The van der Waals surface area contributed by atoms with Crippen LogP contribution in [0.3, 0.4) is 0 Å². The third-order valence-electron chi connectivity index (χ3n) is 2.75. The second kappa shape index (κ2) is 7.71. The van der Waals surface area contributed by atoms with Gasteiger partial charge in [-0.1, -0.05) is 60.7 Å². The molecule has 3 rings (SSSR count). The largest absolute Gasteiger partial charge is 1.00 e. The lowest BCUT2D eigenvalue weighted by Crippen LogP contribution is -3.00. The molecule has 0 aliphatic carbocycles. The molecule has 0 radical (unpaired) electrons. The van der Waals surface area contributed by atoms with Crippen molar-refractivity contribution in [3.8, 4) is 11.3 Å². The molecule has 3 aromatic rings. The number of hydrazone groups is 1. The summed E-state index contributed by atoms with van der Waals surface area (Å²) >= 11 is 1.54. The molecular formula is C16H13BrN3S-. The van der Waals surface area contributed by atoms with Crippen LogP contribution < -0.4 is 22.4 Å². The summed E-state index contributed by atoms with van der Waals surface area (Å²) in [5.74, 6) is 0. The molecule has 0 spiro atoms. The van der Waals surface area contributed by atoms with Crippen LogP contribution >= 0.6 is 11.3 Å². The number of nitrogens with one attached hydrogen (secondary N) is 1. The first-order valence-electron chi connectivity index (χ1n) is 6.27. The van der Waals surface area contributed by atoms with Crippen LogP contribution in [0.5, 0.6) is 0 Å². The van der Waals surface area contributed by atoms with Crippen molar-refractivity contribution < 1.29 is 17.0 Å². The maximum absolute atomic E-state index is 4.51. The van der Waals surface area contributed by atoms with Gasteiger partial charge in [0.05, 0.1) is 11.9 Å². The molecule has 1 N–H and O–H groups in total. The third-order valence-corrected chi connectivity index (χ3v) is 3.49. The fraction of sp³-hybridized carbons (Fsp3) is 0. The lowest BCUT2D eigenvalue weighted by Gasteiger charge is -1.95. The Morgan fingerprint density at radius 3 is 2.33 bits per heavy atom.